The number of likely N-dealkylation sites (tertiary alicyclic amines) is 1. The molecule has 0 aromatic heterocycles. The van der Waals surface area contributed by atoms with Crippen molar-refractivity contribution < 1.29 is 32.6 Å². The molecule has 0 saturated carbocycles. The number of rotatable bonds is 2. The summed E-state index contributed by atoms with van der Waals surface area (Å²) in [6, 6.07) is 0. The molecule has 1 amide bonds. The molecule has 5 nitrogen and oxygen atoms in total. The summed E-state index contributed by atoms with van der Waals surface area (Å²) >= 11 is 0. The van der Waals surface area contributed by atoms with E-state index in [2.05, 4.69) is 0 Å². The van der Waals surface area contributed by atoms with E-state index in [4.69, 9.17) is 9.84 Å². The number of hydrogen-bond donors (Lipinski definition) is 1. The van der Waals surface area contributed by atoms with E-state index in [9.17, 15) is 22.8 Å². The third-order valence-electron chi connectivity index (χ3n) is 4.06. The smallest absolute Gasteiger partial charge is 0.471 e. The highest BCUT2D eigenvalue weighted by Crippen LogP contribution is 2.43. The standard InChI is InChI=1S/C12H16F3NO4/c13-12(14,15)10(19)16-7-8(5-9(17)18)6-11(16)1-3-20-4-2-11/h8H,1-7H2,(H,17,18). The van der Waals surface area contributed by atoms with E-state index >= 15 is 0 Å². The van der Waals surface area contributed by atoms with Crippen molar-refractivity contribution in [2.45, 2.75) is 37.4 Å². The van der Waals surface area contributed by atoms with Gasteiger partial charge in [0.2, 0.25) is 0 Å². The predicted molar refractivity (Wildman–Crippen MR) is 60.9 cm³/mol. The number of halogens is 3. The highest BCUT2D eigenvalue weighted by atomic mass is 19.4. The highest BCUT2D eigenvalue weighted by Gasteiger charge is 2.55. The molecule has 0 radical (unpaired) electrons. The Labute approximate surface area is 113 Å². The zero-order valence-corrected chi connectivity index (χ0v) is 10.8. The molecular formula is C12H16F3NO4. The Hall–Kier alpha value is -1.31. The fourth-order valence-electron chi connectivity index (χ4n) is 3.22. The second kappa shape index (κ2) is 5.23. The van der Waals surface area contributed by atoms with Crippen LogP contribution in [0.4, 0.5) is 13.2 Å². The van der Waals surface area contributed by atoms with E-state index in [0.717, 1.165) is 4.90 Å². The van der Waals surface area contributed by atoms with Gasteiger partial charge in [0.25, 0.3) is 0 Å². The molecule has 2 heterocycles. The van der Waals surface area contributed by atoms with Crippen LogP contribution in [-0.4, -0.2) is 53.4 Å². The number of hydrogen-bond acceptors (Lipinski definition) is 3. The van der Waals surface area contributed by atoms with Crippen LogP contribution in [0.5, 0.6) is 0 Å². The number of carboxylic acids is 1. The molecule has 2 saturated heterocycles. The Kier molecular flexibility index (Phi) is 3.95. The Morgan fingerprint density at radius 2 is 1.90 bits per heavy atom. The first-order valence-electron chi connectivity index (χ1n) is 6.43. The summed E-state index contributed by atoms with van der Waals surface area (Å²) in [6.07, 6.45) is -4.20. The van der Waals surface area contributed by atoms with Crippen LogP contribution in [0.25, 0.3) is 0 Å². The lowest BCUT2D eigenvalue weighted by Crippen LogP contribution is -2.54. The van der Waals surface area contributed by atoms with Gasteiger partial charge < -0.3 is 14.7 Å². The van der Waals surface area contributed by atoms with E-state index < -0.39 is 29.5 Å². The van der Waals surface area contributed by atoms with E-state index in [0.29, 0.717) is 32.5 Å². The largest absolute Gasteiger partial charge is 0.481 e. The van der Waals surface area contributed by atoms with Crippen molar-refractivity contribution in [3.63, 3.8) is 0 Å². The normalized spacial score (nSPS) is 25.9. The first-order chi connectivity index (χ1) is 9.24. The van der Waals surface area contributed by atoms with Crippen molar-refractivity contribution in [3.8, 4) is 0 Å². The molecule has 1 N–H and O–H groups in total. The summed E-state index contributed by atoms with van der Waals surface area (Å²) < 4.78 is 43.2. The number of ether oxygens (including phenoxy) is 1. The van der Waals surface area contributed by atoms with Crippen LogP contribution in [0.2, 0.25) is 0 Å². The molecule has 0 aromatic carbocycles. The first kappa shape index (κ1) is 15.1. The SMILES string of the molecule is O=C(O)CC1CN(C(=O)C(F)(F)F)C2(CCOCC2)C1. The van der Waals surface area contributed by atoms with Gasteiger partial charge in [-0.3, -0.25) is 9.59 Å². The van der Waals surface area contributed by atoms with Gasteiger partial charge in [0, 0.05) is 31.7 Å². The van der Waals surface area contributed by atoms with Gasteiger partial charge in [-0.05, 0) is 25.2 Å². The Balaban J connectivity index is 2.21. The highest BCUT2D eigenvalue weighted by molar-refractivity contribution is 5.83. The third-order valence-corrected chi connectivity index (χ3v) is 4.06. The second-order valence-electron chi connectivity index (χ2n) is 5.42. The van der Waals surface area contributed by atoms with Gasteiger partial charge >= 0.3 is 18.1 Å². The van der Waals surface area contributed by atoms with Gasteiger partial charge in [-0.1, -0.05) is 0 Å². The molecule has 2 fully saturated rings. The third kappa shape index (κ3) is 2.89. The minimum absolute atomic E-state index is 0.148. The van der Waals surface area contributed by atoms with Crippen LogP contribution in [0.15, 0.2) is 0 Å². The molecular weight excluding hydrogens is 279 g/mol. The van der Waals surface area contributed by atoms with Crippen molar-refractivity contribution in [2.24, 2.45) is 5.92 Å². The van der Waals surface area contributed by atoms with E-state index in [1.165, 1.54) is 0 Å². The van der Waals surface area contributed by atoms with Crippen molar-refractivity contribution in [1.82, 2.24) is 4.90 Å². The number of carbonyl (C=O) groups excluding carboxylic acids is 1. The number of nitrogens with zero attached hydrogens (tertiary/aromatic N) is 1. The average Bonchev–Trinajstić information content (AvgIpc) is 2.65. The van der Waals surface area contributed by atoms with Gasteiger partial charge in [0.05, 0.1) is 0 Å². The summed E-state index contributed by atoms with van der Waals surface area (Å²) in [6.45, 7) is 0.438. The van der Waals surface area contributed by atoms with Gasteiger partial charge in [-0.2, -0.15) is 13.2 Å². The number of alkyl halides is 3. The zero-order chi connectivity index (χ0) is 15.0. The van der Waals surface area contributed by atoms with Crippen LogP contribution < -0.4 is 0 Å². The lowest BCUT2D eigenvalue weighted by atomic mass is 9.84. The van der Waals surface area contributed by atoms with Crippen LogP contribution in [0, 0.1) is 5.92 Å². The molecule has 1 spiro atoms. The fourth-order valence-corrected chi connectivity index (χ4v) is 3.22. The maximum Gasteiger partial charge on any atom is 0.471 e. The molecule has 2 rings (SSSR count). The monoisotopic (exact) mass is 295 g/mol. The molecule has 8 heteroatoms. The molecule has 1 unspecified atom stereocenters. The van der Waals surface area contributed by atoms with Crippen LogP contribution >= 0.6 is 0 Å². The predicted octanol–water partition coefficient (Wildman–Crippen LogP) is 1.42. The van der Waals surface area contributed by atoms with Crippen molar-refractivity contribution >= 4 is 11.9 Å². The fraction of sp³-hybridized carbons (Fsp3) is 0.833. The van der Waals surface area contributed by atoms with Gasteiger partial charge in [-0.25, -0.2) is 0 Å². The molecule has 20 heavy (non-hydrogen) atoms. The van der Waals surface area contributed by atoms with Gasteiger partial charge in [0.15, 0.2) is 0 Å². The number of carboxylic acid groups (broad SMARTS) is 1. The molecule has 0 aliphatic carbocycles. The van der Waals surface area contributed by atoms with Crippen LogP contribution in [0.3, 0.4) is 0 Å². The zero-order valence-electron chi connectivity index (χ0n) is 10.8. The van der Waals surface area contributed by atoms with Crippen molar-refractivity contribution in [1.29, 1.82) is 0 Å². The average molecular weight is 295 g/mol. The maximum atomic E-state index is 12.7. The first-order valence-corrected chi connectivity index (χ1v) is 6.43. The van der Waals surface area contributed by atoms with Crippen LogP contribution in [-0.2, 0) is 14.3 Å². The molecule has 1 atom stereocenters. The quantitative estimate of drug-likeness (QED) is 0.836. The van der Waals surface area contributed by atoms with Crippen molar-refractivity contribution in [2.75, 3.05) is 19.8 Å². The summed E-state index contributed by atoms with van der Waals surface area (Å²) in [5.74, 6) is -3.36. The van der Waals surface area contributed by atoms with E-state index in [1.54, 1.807) is 0 Å². The molecule has 0 aromatic rings. The Morgan fingerprint density at radius 1 is 1.30 bits per heavy atom. The topological polar surface area (TPSA) is 66.8 Å². The summed E-state index contributed by atoms with van der Waals surface area (Å²) in [4.78, 5) is 23.2. The summed E-state index contributed by atoms with van der Waals surface area (Å²) in [7, 11) is 0. The molecule has 2 aliphatic heterocycles. The summed E-state index contributed by atoms with van der Waals surface area (Å²) in [5, 5.41) is 8.80. The molecule has 0 bridgehead atoms. The number of carbonyl (C=O) groups is 2. The van der Waals surface area contributed by atoms with Gasteiger partial charge in [-0.15, -0.1) is 0 Å². The van der Waals surface area contributed by atoms with Gasteiger partial charge in [0.1, 0.15) is 0 Å². The molecule has 114 valence electrons. The van der Waals surface area contributed by atoms with E-state index in [-0.39, 0.29) is 13.0 Å². The summed E-state index contributed by atoms with van der Waals surface area (Å²) in [5.41, 5.74) is -0.898. The minimum Gasteiger partial charge on any atom is -0.481 e. The maximum absolute atomic E-state index is 12.7. The minimum atomic E-state index is -4.93. The van der Waals surface area contributed by atoms with E-state index in [1.807, 2.05) is 0 Å². The lowest BCUT2D eigenvalue weighted by molar-refractivity contribution is -0.192. The number of aliphatic carboxylic acids is 1. The van der Waals surface area contributed by atoms with Crippen LogP contribution in [0.1, 0.15) is 25.7 Å². The second-order valence-corrected chi connectivity index (χ2v) is 5.42. The Morgan fingerprint density at radius 3 is 2.40 bits per heavy atom. The van der Waals surface area contributed by atoms with Crippen molar-refractivity contribution in [3.05, 3.63) is 0 Å². The Bertz CT molecular complexity index is 404. The lowest BCUT2D eigenvalue weighted by Gasteiger charge is -2.41. The number of amides is 1. The molecule has 2 aliphatic rings.